The molecule has 8 nitrogen and oxygen atoms in total. The van der Waals surface area contributed by atoms with Crippen molar-refractivity contribution in [2.24, 2.45) is 16.0 Å². The van der Waals surface area contributed by atoms with Gasteiger partial charge < -0.3 is 5.32 Å². The van der Waals surface area contributed by atoms with Crippen LogP contribution in [0.5, 0.6) is 0 Å². The Bertz CT molecular complexity index is 1500. The van der Waals surface area contributed by atoms with Crippen LogP contribution in [0.2, 0.25) is 0 Å². The molecule has 3 aliphatic rings. The molecule has 0 bridgehead atoms. The van der Waals surface area contributed by atoms with Crippen LogP contribution < -0.4 is 15.2 Å². The number of hydrogen-bond donors (Lipinski definition) is 3. The van der Waals surface area contributed by atoms with Gasteiger partial charge in [0.05, 0.1) is 20.0 Å². The summed E-state index contributed by atoms with van der Waals surface area (Å²) < 4.78 is 52.1. The minimum absolute atomic E-state index is 0.0514. The van der Waals surface area contributed by atoms with Crippen LogP contribution in [0.3, 0.4) is 0 Å². The SMILES string of the molecule is NS(=O)(=O)c1cccc(CNS(=O)(=O)c2ccc3nc(NC4CC5(C4)CC54CCC4)sc3c2)c1. The quantitative estimate of drug-likeness (QED) is 0.438. The smallest absolute Gasteiger partial charge is 0.240 e. The fraction of sp³-hybridized carbons (Fsp3) is 0.435. The van der Waals surface area contributed by atoms with E-state index in [1.165, 1.54) is 74.1 Å². The summed E-state index contributed by atoms with van der Waals surface area (Å²) >= 11 is 1.47. The van der Waals surface area contributed by atoms with Crippen molar-refractivity contribution >= 4 is 46.7 Å². The summed E-state index contributed by atoms with van der Waals surface area (Å²) in [4.78, 5) is 4.73. The molecule has 0 atom stereocenters. The van der Waals surface area contributed by atoms with Crippen LogP contribution in [0.25, 0.3) is 10.2 Å². The number of anilines is 1. The molecule has 3 saturated carbocycles. The van der Waals surface area contributed by atoms with Gasteiger partial charge in [0.25, 0.3) is 0 Å². The molecule has 1 heterocycles. The fourth-order valence-corrected chi connectivity index (χ4v) is 8.56. The molecule has 11 heteroatoms. The van der Waals surface area contributed by atoms with Gasteiger partial charge in [0.1, 0.15) is 0 Å². The first-order valence-corrected chi connectivity index (χ1v) is 15.2. The highest BCUT2D eigenvalue weighted by Crippen LogP contribution is 2.81. The van der Waals surface area contributed by atoms with Crippen molar-refractivity contribution in [2.75, 3.05) is 5.32 Å². The van der Waals surface area contributed by atoms with Crippen molar-refractivity contribution in [3.63, 3.8) is 0 Å². The molecule has 3 fully saturated rings. The predicted molar refractivity (Wildman–Crippen MR) is 131 cm³/mol. The second-order valence-corrected chi connectivity index (χ2v) is 14.4. The summed E-state index contributed by atoms with van der Waals surface area (Å²) in [7, 11) is -7.65. The molecule has 0 amide bonds. The molecule has 2 aromatic carbocycles. The zero-order chi connectivity index (χ0) is 23.8. The Labute approximate surface area is 203 Å². The molecular weight excluding hydrogens is 492 g/mol. The predicted octanol–water partition coefficient (Wildman–Crippen LogP) is 3.56. The van der Waals surface area contributed by atoms with Gasteiger partial charge in [-0.25, -0.2) is 31.7 Å². The van der Waals surface area contributed by atoms with Crippen LogP contribution in [-0.4, -0.2) is 27.9 Å². The summed E-state index contributed by atoms with van der Waals surface area (Å²) in [5.74, 6) is 0. The molecule has 3 aromatic rings. The van der Waals surface area contributed by atoms with E-state index in [4.69, 9.17) is 5.14 Å². The summed E-state index contributed by atoms with van der Waals surface area (Å²) in [6.07, 6.45) is 8.05. The number of primary sulfonamides is 1. The van der Waals surface area contributed by atoms with Crippen molar-refractivity contribution in [1.82, 2.24) is 9.71 Å². The standard InChI is InChI=1S/C23H26N4O4S3/c24-33(28,29)17-4-1-3-15(9-17)13-25-34(30,31)18-5-6-19-20(10-18)32-21(27-19)26-16-11-23(12-16)14-22(23)7-2-8-22/h1,3-6,9-10,16,25H,2,7-8,11-14H2,(H,26,27)(H2,24,28,29). The molecule has 0 radical (unpaired) electrons. The minimum Gasteiger partial charge on any atom is -0.359 e. The van der Waals surface area contributed by atoms with E-state index in [-0.39, 0.29) is 16.3 Å². The maximum Gasteiger partial charge on any atom is 0.240 e. The Morgan fingerprint density at radius 1 is 1.03 bits per heavy atom. The summed E-state index contributed by atoms with van der Waals surface area (Å²) in [6, 6.07) is 11.3. The van der Waals surface area contributed by atoms with Crippen LogP contribution in [0, 0.1) is 10.8 Å². The van der Waals surface area contributed by atoms with Crippen molar-refractivity contribution in [3.8, 4) is 0 Å². The molecule has 0 unspecified atom stereocenters. The van der Waals surface area contributed by atoms with Gasteiger partial charge in [-0.15, -0.1) is 0 Å². The molecule has 2 spiro atoms. The number of rotatable bonds is 7. The summed E-state index contributed by atoms with van der Waals surface area (Å²) in [5, 5.41) is 9.55. The number of nitrogens with zero attached hydrogens (tertiary/aromatic N) is 1. The van der Waals surface area contributed by atoms with E-state index in [9.17, 15) is 16.8 Å². The number of nitrogens with one attached hydrogen (secondary N) is 2. The normalized spacial score (nSPS) is 25.3. The molecule has 0 saturated heterocycles. The first kappa shape index (κ1) is 22.4. The zero-order valence-electron chi connectivity index (χ0n) is 18.5. The van der Waals surface area contributed by atoms with Gasteiger partial charge in [-0.3, -0.25) is 0 Å². The maximum atomic E-state index is 12.9. The third kappa shape index (κ3) is 3.74. The molecular formula is C23H26N4O4S3. The number of aromatic nitrogens is 1. The Kier molecular flexibility index (Phi) is 4.93. The van der Waals surface area contributed by atoms with Gasteiger partial charge in [-0.2, -0.15) is 0 Å². The lowest BCUT2D eigenvalue weighted by atomic mass is 9.65. The lowest BCUT2D eigenvalue weighted by Gasteiger charge is -2.44. The molecule has 0 aliphatic heterocycles. The van der Waals surface area contributed by atoms with Crippen LogP contribution >= 0.6 is 11.3 Å². The van der Waals surface area contributed by atoms with E-state index < -0.39 is 20.0 Å². The average Bonchev–Trinajstić information content (AvgIpc) is 3.29. The summed E-state index contributed by atoms with van der Waals surface area (Å²) in [5.41, 5.74) is 2.54. The highest BCUT2D eigenvalue weighted by Gasteiger charge is 2.73. The second kappa shape index (κ2) is 7.47. The number of sulfonamides is 2. The van der Waals surface area contributed by atoms with Crippen molar-refractivity contribution in [2.45, 2.75) is 60.9 Å². The molecule has 4 N–H and O–H groups in total. The van der Waals surface area contributed by atoms with E-state index >= 15 is 0 Å². The van der Waals surface area contributed by atoms with Crippen molar-refractivity contribution in [1.29, 1.82) is 0 Å². The van der Waals surface area contributed by atoms with E-state index in [0.717, 1.165) is 15.3 Å². The van der Waals surface area contributed by atoms with Crippen molar-refractivity contribution < 1.29 is 16.8 Å². The van der Waals surface area contributed by atoms with E-state index in [1.54, 1.807) is 18.2 Å². The van der Waals surface area contributed by atoms with Gasteiger partial charge in [0.15, 0.2) is 5.13 Å². The number of hydrogen-bond acceptors (Lipinski definition) is 7. The van der Waals surface area contributed by atoms with Crippen LogP contribution in [-0.2, 0) is 26.6 Å². The Morgan fingerprint density at radius 2 is 1.82 bits per heavy atom. The van der Waals surface area contributed by atoms with Crippen LogP contribution in [0.15, 0.2) is 52.3 Å². The Hall–Kier alpha value is -2.05. The number of fused-ring (bicyclic) bond motifs is 2. The molecule has 180 valence electrons. The highest BCUT2D eigenvalue weighted by atomic mass is 32.2. The van der Waals surface area contributed by atoms with Crippen molar-refractivity contribution in [3.05, 3.63) is 48.0 Å². The lowest BCUT2D eigenvalue weighted by Crippen LogP contribution is -2.41. The van der Waals surface area contributed by atoms with Gasteiger partial charge >= 0.3 is 0 Å². The topological polar surface area (TPSA) is 131 Å². The first-order valence-electron chi connectivity index (χ1n) is 11.4. The third-order valence-electron chi connectivity index (χ3n) is 7.95. The number of nitrogens with two attached hydrogens (primary N) is 1. The third-order valence-corrected chi connectivity index (χ3v) is 11.2. The Balaban J connectivity index is 1.13. The average molecular weight is 519 g/mol. The zero-order valence-corrected chi connectivity index (χ0v) is 20.9. The van der Waals surface area contributed by atoms with Gasteiger partial charge in [-0.05, 0) is 78.8 Å². The summed E-state index contributed by atoms with van der Waals surface area (Å²) in [6.45, 7) is -0.0514. The Morgan fingerprint density at radius 3 is 2.50 bits per heavy atom. The fourth-order valence-electron chi connectivity index (χ4n) is 5.88. The van der Waals surface area contributed by atoms with E-state index in [2.05, 4.69) is 15.0 Å². The molecule has 6 rings (SSSR count). The first-order chi connectivity index (χ1) is 16.1. The number of benzene rings is 2. The van der Waals surface area contributed by atoms with Gasteiger partial charge in [0.2, 0.25) is 20.0 Å². The minimum atomic E-state index is -3.86. The molecule has 34 heavy (non-hydrogen) atoms. The highest BCUT2D eigenvalue weighted by molar-refractivity contribution is 7.89. The van der Waals surface area contributed by atoms with Gasteiger partial charge in [0, 0.05) is 12.6 Å². The number of thiazole rings is 1. The van der Waals surface area contributed by atoms with E-state index in [0.29, 0.717) is 22.4 Å². The largest absolute Gasteiger partial charge is 0.359 e. The molecule has 1 aromatic heterocycles. The monoisotopic (exact) mass is 518 g/mol. The maximum absolute atomic E-state index is 12.9. The molecule has 3 aliphatic carbocycles. The van der Waals surface area contributed by atoms with E-state index in [1.807, 2.05) is 0 Å². The lowest BCUT2D eigenvalue weighted by molar-refractivity contribution is 0.117. The second-order valence-electron chi connectivity index (χ2n) is 10.0. The van der Waals surface area contributed by atoms with Crippen LogP contribution in [0.1, 0.15) is 44.1 Å². The van der Waals surface area contributed by atoms with Crippen LogP contribution in [0.4, 0.5) is 5.13 Å². The van der Waals surface area contributed by atoms with Gasteiger partial charge in [-0.1, -0.05) is 29.9 Å².